The van der Waals surface area contributed by atoms with Crippen LogP contribution >= 0.6 is 0 Å². The number of pyridine rings is 1. The third kappa shape index (κ3) is 3.31. The Morgan fingerprint density at radius 3 is 2.74 bits per heavy atom. The molecule has 2 rings (SSSR count). The number of rotatable bonds is 4. The number of amides is 1. The van der Waals surface area contributed by atoms with Crippen molar-refractivity contribution in [1.29, 1.82) is 0 Å². The highest BCUT2D eigenvalue weighted by Gasteiger charge is 2.09. The highest BCUT2D eigenvalue weighted by molar-refractivity contribution is 6.05. The molecule has 0 radical (unpaired) electrons. The zero-order valence-corrected chi connectivity index (χ0v) is 11.1. The van der Waals surface area contributed by atoms with Crippen LogP contribution in [0.3, 0.4) is 0 Å². The quantitative estimate of drug-likeness (QED) is 0.882. The number of anilines is 2. The molecule has 0 atom stereocenters. The molecule has 1 aromatic carbocycles. The summed E-state index contributed by atoms with van der Waals surface area (Å²) in [5, 5.41) is 6.00. The van der Waals surface area contributed by atoms with Gasteiger partial charge in [0.1, 0.15) is 5.82 Å². The molecular weight excluding hydrogens is 238 g/mol. The predicted molar refractivity (Wildman–Crippen MR) is 77.5 cm³/mol. The number of carbonyl (C=O) groups excluding carboxylic acids is 1. The number of hydrogen-bond acceptors (Lipinski definition) is 3. The van der Waals surface area contributed by atoms with Gasteiger partial charge in [0.2, 0.25) is 0 Å². The van der Waals surface area contributed by atoms with E-state index < -0.39 is 0 Å². The molecule has 0 aliphatic rings. The SMILES string of the molecule is CCNc1ccc(C(=O)Nc2ccccn2)c(C)c1. The van der Waals surface area contributed by atoms with Crippen molar-refractivity contribution in [3.05, 3.63) is 53.7 Å². The van der Waals surface area contributed by atoms with Gasteiger partial charge < -0.3 is 10.6 Å². The predicted octanol–water partition coefficient (Wildman–Crippen LogP) is 3.07. The van der Waals surface area contributed by atoms with E-state index in [1.165, 1.54) is 0 Å². The number of benzene rings is 1. The molecule has 0 saturated heterocycles. The first-order chi connectivity index (χ1) is 9.20. The first-order valence-corrected chi connectivity index (χ1v) is 6.27. The minimum Gasteiger partial charge on any atom is -0.385 e. The van der Waals surface area contributed by atoms with Crippen LogP contribution < -0.4 is 10.6 Å². The van der Waals surface area contributed by atoms with Crippen LogP contribution in [0.4, 0.5) is 11.5 Å². The molecule has 2 N–H and O–H groups in total. The molecule has 0 fully saturated rings. The molecule has 0 aliphatic heterocycles. The zero-order chi connectivity index (χ0) is 13.7. The van der Waals surface area contributed by atoms with E-state index in [0.717, 1.165) is 17.8 Å². The second-order valence-electron chi connectivity index (χ2n) is 4.23. The van der Waals surface area contributed by atoms with Gasteiger partial charge in [0.15, 0.2) is 0 Å². The molecule has 19 heavy (non-hydrogen) atoms. The Balaban J connectivity index is 2.15. The molecule has 2 aromatic rings. The number of carbonyl (C=O) groups is 1. The molecular formula is C15H17N3O. The second-order valence-corrected chi connectivity index (χ2v) is 4.23. The van der Waals surface area contributed by atoms with E-state index in [1.54, 1.807) is 12.3 Å². The Hall–Kier alpha value is -2.36. The maximum atomic E-state index is 12.1. The molecule has 0 saturated carbocycles. The minimum atomic E-state index is -0.140. The van der Waals surface area contributed by atoms with Crippen molar-refractivity contribution in [2.24, 2.45) is 0 Å². The molecule has 4 nitrogen and oxygen atoms in total. The molecule has 0 spiro atoms. The molecule has 0 bridgehead atoms. The highest BCUT2D eigenvalue weighted by Crippen LogP contribution is 2.16. The first-order valence-electron chi connectivity index (χ1n) is 6.27. The van der Waals surface area contributed by atoms with Crippen LogP contribution in [0.5, 0.6) is 0 Å². The number of nitrogens with zero attached hydrogens (tertiary/aromatic N) is 1. The molecule has 0 aliphatic carbocycles. The summed E-state index contributed by atoms with van der Waals surface area (Å²) in [6, 6.07) is 11.1. The number of aromatic nitrogens is 1. The zero-order valence-electron chi connectivity index (χ0n) is 11.1. The van der Waals surface area contributed by atoms with E-state index in [0.29, 0.717) is 11.4 Å². The van der Waals surface area contributed by atoms with E-state index in [1.807, 2.05) is 44.2 Å². The lowest BCUT2D eigenvalue weighted by Gasteiger charge is -2.09. The summed E-state index contributed by atoms with van der Waals surface area (Å²) in [7, 11) is 0. The van der Waals surface area contributed by atoms with Crippen LogP contribution in [-0.4, -0.2) is 17.4 Å². The Labute approximate surface area is 112 Å². The Morgan fingerprint density at radius 2 is 2.11 bits per heavy atom. The van der Waals surface area contributed by atoms with E-state index in [4.69, 9.17) is 0 Å². The summed E-state index contributed by atoms with van der Waals surface area (Å²) in [5.74, 6) is 0.418. The van der Waals surface area contributed by atoms with Gasteiger partial charge in [0.05, 0.1) is 0 Å². The minimum absolute atomic E-state index is 0.140. The molecule has 4 heteroatoms. The monoisotopic (exact) mass is 255 g/mol. The Morgan fingerprint density at radius 1 is 1.26 bits per heavy atom. The smallest absolute Gasteiger partial charge is 0.257 e. The van der Waals surface area contributed by atoms with Gasteiger partial charge in [-0.1, -0.05) is 6.07 Å². The van der Waals surface area contributed by atoms with Crippen molar-refractivity contribution in [3.63, 3.8) is 0 Å². The largest absolute Gasteiger partial charge is 0.385 e. The van der Waals surface area contributed by atoms with Crippen LogP contribution in [0, 0.1) is 6.92 Å². The average molecular weight is 255 g/mol. The van der Waals surface area contributed by atoms with Gasteiger partial charge in [-0.25, -0.2) is 4.98 Å². The van der Waals surface area contributed by atoms with E-state index in [9.17, 15) is 4.79 Å². The first kappa shape index (κ1) is 13.1. The fourth-order valence-corrected chi connectivity index (χ4v) is 1.85. The van der Waals surface area contributed by atoms with Gasteiger partial charge >= 0.3 is 0 Å². The summed E-state index contributed by atoms with van der Waals surface area (Å²) in [6.45, 7) is 4.82. The van der Waals surface area contributed by atoms with Crippen molar-refractivity contribution in [2.45, 2.75) is 13.8 Å². The number of aryl methyl sites for hydroxylation is 1. The second kappa shape index (κ2) is 6.00. The van der Waals surface area contributed by atoms with Crippen molar-refractivity contribution >= 4 is 17.4 Å². The van der Waals surface area contributed by atoms with Crippen LogP contribution in [0.25, 0.3) is 0 Å². The fraction of sp³-hybridized carbons (Fsp3) is 0.200. The van der Waals surface area contributed by atoms with Gasteiger partial charge in [0, 0.05) is 24.0 Å². The van der Waals surface area contributed by atoms with Gasteiger partial charge in [-0.05, 0) is 49.7 Å². The van der Waals surface area contributed by atoms with Gasteiger partial charge in [-0.3, -0.25) is 4.79 Å². The summed E-state index contributed by atoms with van der Waals surface area (Å²) in [5.41, 5.74) is 2.62. The standard InChI is InChI=1S/C15H17N3O/c1-3-16-12-7-8-13(11(2)10-12)15(19)18-14-6-4-5-9-17-14/h4-10,16H,3H2,1-2H3,(H,17,18,19). The lowest BCUT2D eigenvalue weighted by molar-refractivity contribution is 0.102. The topological polar surface area (TPSA) is 54.0 Å². The van der Waals surface area contributed by atoms with E-state index >= 15 is 0 Å². The fourth-order valence-electron chi connectivity index (χ4n) is 1.85. The lowest BCUT2D eigenvalue weighted by Crippen LogP contribution is -2.14. The maximum Gasteiger partial charge on any atom is 0.257 e. The summed E-state index contributed by atoms with van der Waals surface area (Å²) in [6.07, 6.45) is 1.65. The Bertz CT molecular complexity index is 567. The van der Waals surface area contributed by atoms with Crippen LogP contribution in [-0.2, 0) is 0 Å². The van der Waals surface area contributed by atoms with Gasteiger partial charge in [-0.2, -0.15) is 0 Å². The third-order valence-corrected chi connectivity index (χ3v) is 2.76. The van der Waals surface area contributed by atoms with Crippen molar-refractivity contribution in [2.75, 3.05) is 17.2 Å². The van der Waals surface area contributed by atoms with E-state index in [2.05, 4.69) is 15.6 Å². The molecule has 1 heterocycles. The number of hydrogen-bond donors (Lipinski definition) is 2. The van der Waals surface area contributed by atoms with Gasteiger partial charge in [-0.15, -0.1) is 0 Å². The third-order valence-electron chi connectivity index (χ3n) is 2.76. The van der Waals surface area contributed by atoms with Crippen molar-refractivity contribution < 1.29 is 4.79 Å². The van der Waals surface area contributed by atoms with Gasteiger partial charge in [0.25, 0.3) is 5.91 Å². The van der Waals surface area contributed by atoms with Crippen molar-refractivity contribution in [3.8, 4) is 0 Å². The summed E-state index contributed by atoms with van der Waals surface area (Å²) < 4.78 is 0. The summed E-state index contributed by atoms with van der Waals surface area (Å²) in [4.78, 5) is 16.2. The number of nitrogens with one attached hydrogen (secondary N) is 2. The van der Waals surface area contributed by atoms with Crippen LogP contribution in [0.1, 0.15) is 22.8 Å². The average Bonchev–Trinajstić information content (AvgIpc) is 2.40. The van der Waals surface area contributed by atoms with Crippen LogP contribution in [0.15, 0.2) is 42.6 Å². The molecule has 98 valence electrons. The van der Waals surface area contributed by atoms with Crippen LogP contribution in [0.2, 0.25) is 0 Å². The Kier molecular flexibility index (Phi) is 4.13. The molecule has 1 amide bonds. The van der Waals surface area contributed by atoms with E-state index in [-0.39, 0.29) is 5.91 Å². The van der Waals surface area contributed by atoms with Crippen molar-refractivity contribution in [1.82, 2.24) is 4.98 Å². The molecule has 1 aromatic heterocycles. The highest BCUT2D eigenvalue weighted by atomic mass is 16.1. The summed E-state index contributed by atoms with van der Waals surface area (Å²) >= 11 is 0. The lowest BCUT2D eigenvalue weighted by atomic mass is 10.1. The molecule has 0 unspecified atom stereocenters. The maximum absolute atomic E-state index is 12.1. The normalized spacial score (nSPS) is 10.0.